The van der Waals surface area contributed by atoms with Gasteiger partial charge in [0, 0.05) is 24.0 Å². The Bertz CT molecular complexity index is 960. The van der Waals surface area contributed by atoms with Gasteiger partial charge in [0.05, 0.1) is 26.5 Å². The Labute approximate surface area is 152 Å². The fraction of sp³-hybridized carbons (Fsp3) is 0.200. The third-order valence-corrected chi connectivity index (χ3v) is 4.02. The van der Waals surface area contributed by atoms with Crippen molar-refractivity contribution in [3.05, 3.63) is 65.6 Å². The summed E-state index contributed by atoms with van der Waals surface area (Å²) in [7, 11) is 3.18. The van der Waals surface area contributed by atoms with Gasteiger partial charge in [0.15, 0.2) is 0 Å². The van der Waals surface area contributed by atoms with Gasteiger partial charge in [-0.2, -0.15) is 0 Å². The highest BCUT2D eigenvalue weighted by atomic mass is 16.5. The van der Waals surface area contributed by atoms with Crippen molar-refractivity contribution in [1.29, 1.82) is 0 Å². The zero-order valence-corrected chi connectivity index (χ0v) is 15.0. The number of hydrogen-bond donors (Lipinski definition) is 1. The van der Waals surface area contributed by atoms with Crippen molar-refractivity contribution < 1.29 is 14.3 Å². The van der Waals surface area contributed by atoms with E-state index in [1.165, 1.54) is 6.08 Å². The number of aryl methyl sites for hydroxylation is 1. The van der Waals surface area contributed by atoms with Crippen LogP contribution in [0.1, 0.15) is 16.8 Å². The Morgan fingerprint density at radius 3 is 2.85 bits per heavy atom. The second-order valence-electron chi connectivity index (χ2n) is 5.81. The van der Waals surface area contributed by atoms with Gasteiger partial charge in [0.1, 0.15) is 17.1 Å². The molecular formula is C20H21N3O3. The molecular weight excluding hydrogens is 330 g/mol. The summed E-state index contributed by atoms with van der Waals surface area (Å²) < 4.78 is 12.5. The number of rotatable bonds is 6. The van der Waals surface area contributed by atoms with Crippen LogP contribution >= 0.6 is 0 Å². The largest absolute Gasteiger partial charge is 0.497 e. The number of nitrogens with one attached hydrogen (secondary N) is 1. The van der Waals surface area contributed by atoms with Gasteiger partial charge < -0.3 is 19.2 Å². The van der Waals surface area contributed by atoms with Crippen LogP contribution in [0.4, 0.5) is 0 Å². The second kappa shape index (κ2) is 7.74. The lowest BCUT2D eigenvalue weighted by Gasteiger charge is -2.07. The van der Waals surface area contributed by atoms with Crippen LogP contribution in [0.5, 0.6) is 11.5 Å². The van der Waals surface area contributed by atoms with Crippen LogP contribution < -0.4 is 14.8 Å². The number of nitrogens with zero attached hydrogens (tertiary/aromatic N) is 2. The van der Waals surface area contributed by atoms with E-state index in [0.717, 1.165) is 22.5 Å². The summed E-state index contributed by atoms with van der Waals surface area (Å²) in [5.74, 6) is 1.17. The summed E-state index contributed by atoms with van der Waals surface area (Å²) in [6.07, 6.45) is 7.02. The summed E-state index contributed by atoms with van der Waals surface area (Å²) in [6, 6.07) is 9.40. The molecule has 6 heteroatoms. The Morgan fingerprint density at radius 2 is 2.12 bits per heavy atom. The molecule has 0 unspecified atom stereocenters. The minimum atomic E-state index is -0.205. The molecule has 0 saturated carbocycles. The Kier molecular flexibility index (Phi) is 5.22. The highest BCUT2D eigenvalue weighted by Crippen LogP contribution is 2.25. The van der Waals surface area contributed by atoms with Crippen LogP contribution in [0.2, 0.25) is 0 Å². The predicted molar refractivity (Wildman–Crippen MR) is 100 cm³/mol. The number of carbonyl (C=O) groups is 1. The molecule has 0 atom stereocenters. The lowest BCUT2D eigenvalue weighted by Crippen LogP contribution is -2.20. The van der Waals surface area contributed by atoms with Crippen molar-refractivity contribution in [2.45, 2.75) is 13.5 Å². The zero-order chi connectivity index (χ0) is 18.5. The molecule has 0 fully saturated rings. The molecule has 0 aliphatic rings. The molecule has 0 spiro atoms. The Morgan fingerprint density at radius 1 is 1.27 bits per heavy atom. The van der Waals surface area contributed by atoms with Gasteiger partial charge in [0.2, 0.25) is 5.91 Å². The van der Waals surface area contributed by atoms with E-state index in [2.05, 4.69) is 10.3 Å². The first kappa shape index (κ1) is 17.5. The lowest BCUT2D eigenvalue weighted by atomic mass is 10.1. The molecule has 0 saturated heterocycles. The Balaban J connectivity index is 1.66. The third kappa shape index (κ3) is 3.85. The average molecular weight is 351 g/mol. The van der Waals surface area contributed by atoms with Crippen LogP contribution in [0.3, 0.4) is 0 Å². The maximum Gasteiger partial charge on any atom is 0.244 e. The normalized spacial score (nSPS) is 11.0. The van der Waals surface area contributed by atoms with Crippen molar-refractivity contribution in [1.82, 2.24) is 14.7 Å². The molecule has 1 aromatic carbocycles. The summed E-state index contributed by atoms with van der Waals surface area (Å²) in [5.41, 5.74) is 3.56. The molecule has 6 nitrogen and oxygen atoms in total. The SMILES string of the molecule is COc1ccc(OC)c(/C=C/C(=O)NCc2cn3cccc(C)c3n2)c1. The van der Waals surface area contributed by atoms with E-state index in [-0.39, 0.29) is 5.91 Å². The summed E-state index contributed by atoms with van der Waals surface area (Å²) >= 11 is 0. The molecule has 134 valence electrons. The van der Waals surface area contributed by atoms with Crippen molar-refractivity contribution >= 4 is 17.6 Å². The van der Waals surface area contributed by atoms with Gasteiger partial charge in [0.25, 0.3) is 0 Å². The molecule has 26 heavy (non-hydrogen) atoms. The first-order chi connectivity index (χ1) is 12.6. The smallest absolute Gasteiger partial charge is 0.244 e. The quantitative estimate of drug-likeness (QED) is 0.694. The van der Waals surface area contributed by atoms with Crippen LogP contribution in [0, 0.1) is 6.92 Å². The number of imidazole rings is 1. The molecule has 3 rings (SSSR count). The number of fused-ring (bicyclic) bond motifs is 1. The van der Waals surface area contributed by atoms with E-state index in [1.807, 2.05) is 48.0 Å². The van der Waals surface area contributed by atoms with E-state index in [1.54, 1.807) is 26.4 Å². The highest BCUT2D eigenvalue weighted by Gasteiger charge is 2.06. The maximum atomic E-state index is 12.1. The fourth-order valence-corrected chi connectivity index (χ4v) is 2.66. The first-order valence-corrected chi connectivity index (χ1v) is 8.22. The van der Waals surface area contributed by atoms with Gasteiger partial charge >= 0.3 is 0 Å². The summed E-state index contributed by atoms with van der Waals surface area (Å²) in [5, 5.41) is 2.84. The lowest BCUT2D eigenvalue weighted by molar-refractivity contribution is -0.116. The van der Waals surface area contributed by atoms with E-state index in [0.29, 0.717) is 18.0 Å². The van der Waals surface area contributed by atoms with E-state index < -0.39 is 0 Å². The minimum Gasteiger partial charge on any atom is -0.497 e. The van der Waals surface area contributed by atoms with Gasteiger partial charge in [-0.05, 0) is 42.8 Å². The van der Waals surface area contributed by atoms with E-state index in [9.17, 15) is 4.79 Å². The monoisotopic (exact) mass is 351 g/mol. The average Bonchev–Trinajstić information content (AvgIpc) is 3.09. The number of aromatic nitrogens is 2. The van der Waals surface area contributed by atoms with Crippen molar-refractivity contribution in [3.8, 4) is 11.5 Å². The van der Waals surface area contributed by atoms with Gasteiger partial charge in [-0.3, -0.25) is 4.79 Å². The molecule has 0 aliphatic carbocycles. The number of ether oxygens (including phenoxy) is 2. The van der Waals surface area contributed by atoms with Crippen LogP contribution in [0.25, 0.3) is 11.7 Å². The zero-order valence-electron chi connectivity index (χ0n) is 15.0. The van der Waals surface area contributed by atoms with Gasteiger partial charge in [-0.25, -0.2) is 4.98 Å². The number of carbonyl (C=O) groups excluding carboxylic acids is 1. The number of methoxy groups -OCH3 is 2. The first-order valence-electron chi connectivity index (χ1n) is 8.22. The minimum absolute atomic E-state index is 0.205. The van der Waals surface area contributed by atoms with Crippen molar-refractivity contribution in [2.24, 2.45) is 0 Å². The molecule has 1 amide bonds. The van der Waals surface area contributed by atoms with Crippen LogP contribution in [-0.4, -0.2) is 29.5 Å². The van der Waals surface area contributed by atoms with Crippen molar-refractivity contribution in [3.63, 3.8) is 0 Å². The standard InChI is InChI=1S/C20H21N3O3/c1-14-5-4-10-23-13-16(22-20(14)23)12-21-19(24)9-6-15-11-17(25-2)7-8-18(15)26-3/h4-11,13H,12H2,1-3H3,(H,21,24)/b9-6+. The molecule has 3 aromatic rings. The fourth-order valence-electron chi connectivity index (χ4n) is 2.66. The maximum absolute atomic E-state index is 12.1. The number of amides is 1. The molecule has 2 heterocycles. The summed E-state index contributed by atoms with van der Waals surface area (Å²) in [4.78, 5) is 16.7. The molecule has 0 aliphatic heterocycles. The molecule has 0 bridgehead atoms. The molecule has 2 aromatic heterocycles. The second-order valence-corrected chi connectivity index (χ2v) is 5.81. The van der Waals surface area contributed by atoms with Gasteiger partial charge in [-0.1, -0.05) is 6.07 Å². The summed E-state index contributed by atoms with van der Waals surface area (Å²) in [6.45, 7) is 2.37. The Hall–Kier alpha value is -3.28. The third-order valence-electron chi connectivity index (χ3n) is 4.02. The highest BCUT2D eigenvalue weighted by molar-refractivity contribution is 5.92. The van der Waals surface area contributed by atoms with Crippen LogP contribution in [0.15, 0.2) is 48.8 Å². The van der Waals surface area contributed by atoms with E-state index >= 15 is 0 Å². The van der Waals surface area contributed by atoms with Crippen molar-refractivity contribution in [2.75, 3.05) is 14.2 Å². The van der Waals surface area contributed by atoms with Gasteiger partial charge in [-0.15, -0.1) is 0 Å². The van der Waals surface area contributed by atoms with E-state index in [4.69, 9.17) is 9.47 Å². The number of benzene rings is 1. The number of pyridine rings is 1. The van der Waals surface area contributed by atoms with Crippen LogP contribution in [-0.2, 0) is 11.3 Å². The number of hydrogen-bond acceptors (Lipinski definition) is 4. The topological polar surface area (TPSA) is 64.9 Å². The molecule has 0 radical (unpaired) electrons. The predicted octanol–water partition coefficient (Wildman–Crippen LogP) is 2.99. The molecule has 1 N–H and O–H groups in total.